The van der Waals surface area contributed by atoms with Gasteiger partial charge in [0.15, 0.2) is 11.6 Å². The molecule has 0 aliphatic rings. The predicted octanol–water partition coefficient (Wildman–Crippen LogP) is 3.40. The van der Waals surface area contributed by atoms with Crippen molar-refractivity contribution in [3.05, 3.63) is 63.9 Å². The Balaban J connectivity index is 2.50. The molecule has 0 amide bonds. The number of hydrogen-bond acceptors (Lipinski definition) is 2. The molecular formula is C13H10ClF2NO. The summed E-state index contributed by atoms with van der Waals surface area (Å²) in [5.41, 5.74) is 0.323. The molecule has 0 radical (unpaired) electrons. The Morgan fingerprint density at radius 3 is 2.56 bits per heavy atom. The lowest BCUT2D eigenvalue weighted by molar-refractivity contribution is 0.213. The summed E-state index contributed by atoms with van der Waals surface area (Å²) in [6.07, 6.45) is 1.44. The molecule has 1 aromatic carbocycles. The van der Waals surface area contributed by atoms with E-state index in [4.69, 9.17) is 11.6 Å². The van der Waals surface area contributed by atoms with Crippen LogP contribution in [0.4, 0.5) is 8.78 Å². The van der Waals surface area contributed by atoms with Gasteiger partial charge in [0.05, 0.1) is 5.02 Å². The van der Waals surface area contributed by atoms with E-state index in [-0.39, 0.29) is 21.7 Å². The van der Waals surface area contributed by atoms with E-state index in [0.717, 1.165) is 0 Å². The average molecular weight is 270 g/mol. The Morgan fingerprint density at radius 1 is 1.17 bits per heavy atom. The largest absolute Gasteiger partial charge is 0.383 e. The lowest BCUT2D eigenvalue weighted by Crippen LogP contribution is -2.06. The molecule has 94 valence electrons. The fourth-order valence-electron chi connectivity index (χ4n) is 1.65. The molecule has 1 aromatic heterocycles. The van der Waals surface area contributed by atoms with Gasteiger partial charge in [0.2, 0.25) is 0 Å². The van der Waals surface area contributed by atoms with E-state index in [2.05, 4.69) is 4.98 Å². The molecule has 2 aromatic rings. The highest BCUT2D eigenvalue weighted by atomic mass is 35.5. The minimum Gasteiger partial charge on any atom is -0.383 e. The van der Waals surface area contributed by atoms with Crippen LogP contribution in [0.25, 0.3) is 0 Å². The van der Waals surface area contributed by atoms with Crippen molar-refractivity contribution >= 4 is 11.6 Å². The molecule has 0 fully saturated rings. The smallest absolute Gasteiger partial charge is 0.165 e. The van der Waals surface area contributed by atoms with E-state index in [1.54, 1.807) is 0 Å². The van der Waals surface area contributed by atoms with Gasteiger partial charge in [-0.1, -0.05) is 23.7 Å². The summed E-state index contributed by atoms with van der Waals surface area (Å²) in [5.74, 6) is -2.02. The van der Waals surface area contributed by atoms with Crippen LogP contribution in [0.3, 0.4) is 0 Å². The minimum absolute atomic E-state index is 0.147. The second-order valence-corrected chi connectivity index (χ2v) is 4.31. The van der Waals surface area contributed by atoms with E-state index in [1.165, 1.54) is 37.5 Å². The molecule has 0 spiro atoms. The Kier molecular flexibility index (Phi) is 3.59. The van der Waals surface area contributed by atoms with E-state index < -0.39 is 17.7 Å². The molecule has 0 aliphatic carbocycles. The summed E-state index contributed by atoms with van der Waals surface area (Å²) in [7, 11) is 0. The van der Waals surface area contributed by atoms with Gasteiger partial charge in [0.25, 0.3) is 0 Å². The third-order valence-electron chi connectivity index (χ3n) is 2.70. The van der Waals surface area contributed by atoms with Crippen molar-refractivity contribution in [1.29, 1.82) is 0 Å². The zero-order valence-corrected chi connectivity index (χ0v) is 10.2. The van der Waals surface area contributed by atoms with Crippen LogP contribution in [0.2, 0.25) is 5.02 Å². The first-order valence-corrected chi connectivity index (χ1v) is 5.62. The summed E-state index contributed by atoms with van der Waals surface area (Å²) in [6.45, 7) is 1.45. The van der Waals surface area contributed by atoms with Crippen LogP contribution in [0.15, 0.2) is 30.6 Å². The van der Waals surface area contributed by atoms with E-state index >= 15 is 0 Å². The topological polar surface area (TPSA) is 33.1 Å². The van der Waals surface area contributed by atoms with Crippen LogP contribution in [0.1, 0.15) is 22.8 Å². The second kappa shape index (κ2) is 5.00. The standard InChI is InChI=1S/C13H10ClF2NO/c1-7-2-3-9(12(16)11(7)15)13(18)8-4-5-17-6-10(8)14/h2-6,13,18H,1H3. The molecule has 0 saturated heterocycles. The van der Waals surface area contributed by atoms with Gasteiger partial charge in [0, 0.05) is 23.5 Å². The second-order valence-electron chi connectivity index (χ2n) is 3.90. The van der Waals surface area contributed by atoms with Gasteiger partial charge >= 0.3 is 0 Å². The summed E-state index contributed by atoms with van der Waals surface area (Å²) < 4.78 is 27.2. The number of pyridine rings is 1. The maximum Gasteiger partial charge on any atom is 0.165 e. The highest BCUT2D eigenvalue weighted by molar-refractivity contribution is 6.31. The van der Waals surface area contributed by atoms with Gasteiger partial charge in [-0.15, -0.1) is 0 Å². The summed E-state index contributed by atoms with van der Waals surface area (Å²) in [6, 6.07) is 4.21. The SMILES string of the molecule is Cc1ccc(C(O)c2ccncc2Cl)c(F)c1F. The van der Waals surface area contributed by atoms with Crippen molar-refractivity contribution in [3.8, 4) is 0 Å². The lowest BCUT2D eigenvalue weighted by Gasteiger charge is -2.14. The Morgan fingerprint density at radius 2 is 1.89 bits per heavy atom. The number of hydrogen-bond donors (Lipinski definition) is 1. The van der Waals surface area contributed by atoms with Crippen molar-refractivity contribution in [2.45, 2.75) is 13.0 Å². The van der Waals surface area contributed by atoms with Crippen LogP contribution >= 0.6 is 11.6 Å². The highest BCUT2D eigenvalue weighted by Crippen LogP contribution is 2.30. The number of aliphatic hydroxyl groups excluding tert-OH is 1. The van der Waals surface area contributed by atoms with Crippen molar-refractivity contribution < 1.29 is 13.9 Å². The molecule has 0 bridgehead atoms. The third kappa shape index (κ3) is 2.21. The van der Waals surface area contributed by atoms with Gasteiger partial charge < -0.3 is 5.11 Å². The number of rotatable bonds is 2. The van der Waals surface area contributed by atoms with Gasteiger partial charge in [-0.05, 0) is 18.6 Å². The Labute approximate surface area is 108 Å². The summed E-state index contributed by atoms with van der Waals surface area (Å²) in [4.78, 5) is 3.76. The number of aryl methyl sites for hydroxylation is 1. The average Bonchev–Trinajstić information content (AvgIpc) is 2.36. The fraction of sp³-hybridized carbons (Fsp3) is 0.154. The fourth-order valence-corrected chi connectivity index (χ4v) is 1.87. The predicted molar refractivity (Wildman–Crippen MR) is 64.4 cm³/mol. The van der Waals surface area contributed by atoms with E-state index in [1.807, 2.05) is 0 Å². The first kappa shape index (κ1) is 12.9. The molecule has 1 unspecified atom stereocenters. The van der Waals surface area contributed by atoms with Crippen LogP contribution in [0.5, 0.6) is 0 Å². The third-order valence-corrected chi connectivity index (χ3v) is 3.01. The first-order chi connectivity index (χ1) is 8.52. The molecular weight excluding hydrogens is 260 g/mol. The van der Waals surface area contributed by atoms with Gasteiger partial charge in [0.1, 0.15) is 6.10 Å². The van der Waals surface area contributed by atoms with E-state index in [0.29, 0.717) is 0 Å². The minimum atomic E-state index is -1.32. The monoisotopic (exact) mass is 269 g/mol. The molecule has 2 nitrogen and oxygen atoms in total. The molecule has 0 aliphatic heterocycles. The zero-order valence-electron chi connectivity index (χ0n) is 9.49. The van der Waals surface area contributed by atoms with Crippen molar-refractivity contribution in [2.24, 2.45) is 0 Å². The van der Waals surface area contributed by atoms with Gasteiger partial charge in [-0.25, -0.2) is 8.78 Å². The number of aliphatic hydroxyl groups is 1. The molecule has 5 heteroatoms. The van der Waals surface area contributed by atoms with Crippen molar-refractivity contribution in [1.82, 2.24) is 4.98 Å². The zero-order chi connectivity index (χ0) is 13.3. The molecule has 1 atom stereocenters. The molecule has 1 heterocycles. The molecule has 1 N–H and O–H groups in total. The van der Waals surface area contributed by atoms with Crippen molar-refractivity contribution in [2.75, 3.05) is 0 Å². The van der Waals surface area contributed by atoms with Crippen LogP contribution < -0.4 is 0 Å². The van der Waals surface area contributed by atoms with Crippen LogP contribution in [0, 0.1) is 18.6 Å². The van der Waals surface area contributed by atoms with E-state index in [9.17, 15) is 13.9 Å². The highest BCUT2D eigenvalue weighted by Gasteiger charge is 2.20. The van der Waals surface area contributed by atoms with Crippen LogP contribution in [-0.2, 0) is 0 Å². The summed E-state index contributed by atoms with van der Waals surface area (Å²) >= 11 is 5.85. The number of aromatic nitrogens is 1. The quantitative estimate of drug-likeness (QED) is 0.906. The first-order valence-electron chi connectivity index (χ1n) is 5.24. The Hall–Kier alpha value is -1.52. The molecule has 0 saturated carbocycles. The normalized spacial score (nSPS) is 12.5. The number of halogens is 3. The van der Waals surface area contributed by atoms with Gasteiger partial charge in [-0.2, -0.15) is 0 Å². The maximum absolute atomic E-state index is 13.7. The lowest BCUT2D eigenvalue weighted by atomic mass is 10.0. The number of nitrogens with zero attached hydrogens (tertiary/aromatic N) is 1. The Bertz CT molecular complexity index is 589. The molecule has 2 rings (SSSR count). The number of benzene rings is 1. The van der Waals surface area contributed by atoms with Crippen LogP contribution in [-0.4, -0.2) is 10.1 Å². The molecule has 18 heavy (non-hydrogen) atoms. The summed E-state index contributed by atoms with van der Waals surface area (Å²) in [5, 5.41) is 10.2. The maximum atomic E-state index is 13.7. The van der Waals surface area contributed by atoms with Gasteiger partial charge in [-0.3, -0.25) is 4.98 Å². The van der Waals surface area contributed by atoms with Crippen molar-refractivity contribution in [3.63, 3.8) is 0 Å².